The van der Waals surface area contributed by atoms with Crippen molar-refractivity contribution in [3.05, 3.63) is 69.3 Å². The Balaban J connectivity index is 2.10. The van der Waals surface area contributed by atoms with Gasteiger partial charge >= 0.3 is 5.97 Å². The van der Waals surface area contributed by atoms with Crippen molar-refractivity contribution in [1.29, 1.82) is 0 Å². The van der Waals surface area contributed by atoms with Crippen LogP contribution in [0.15, 0.2) is 41.3 Å². The Labute approximate surface area is 138 Å². The predicted octanol–water partition coefficient (Wildman–Crippen LogP) is 2.86. The fraction of sp³-hybridized carbons (Fsp3) is 0.211. The molecule has 0 spiro atoms. The minimum absolute atomic E-state index is 0.0786. The van der Waals surface area contributed by atoms with Gasteiger partial charge in [-0.05, 0) is 37.8 Å². The summed E-state index contributed by atoms with van der Waals surface area (Å²) in [5.41, 5.74) is 4.05. The van der Waals surface area contributed by atoms with Crippen LogP contribution >= 0.6 is 0 Å². The Morgan fingerprint density at radius 1 is 1.25 bits per heavy atom. The Kier molecular flexibility index (Phi) is 3.23. The van der Waals surface area contributed by atoms with Crippen LogP contribution in [0.25, 0.3) is 16.8 Å². The molecule has 4 rings (SSSR count). The third-order valence-corrected chi connectivity index (χ3v) is 4.56. The number of hydrogen-bond acceptors (Lipinski definition) is 3. The Morgan fingerprint density at radius 2 is 2.08 bits per heavy atom. The molecular formula is C19H16N2O3. The molecule has 0 saturated carbocycles. The minimum atomic E-state index is -1.07. The van der Waals surface area contributed by atoms with Gasteiger partial charge in [0, 0.05) is 17.3 Å². The van der Waals surface area contributed by atoms with Crippen LogP contribution in [0.2, 0.25) is 0 Å². The van der Waals surface area contributed by atoms with E-state index < -0.39 is 5.97 Å². The molecule has 1 aliphatic carbocycles. The SMILES string of the molecule is Cc1cccc(-c2ccn3c(=O)c4c(nc3c2C(=O)O)CCC4)c1. The van der Waals surface area contributed by atoms with E-state index in [0.717, 1.165) is 29.7 Å². The van der Waals surface area contributed by atoms with E-state index in [-0.39, 0.29) is 16.8 Å². The summed E-state index contributed by atoms with van der Waals surface area (Å²) in [5.74, 6) is -1.07. The maximum absolute atomic E-state index is 12.6. The highest BCUT2D eigenvalue weighted by atomic mass is 16.4. The number of carboxylic acids is 1. The van der Waals surface area contributed by atoms with Crippen molar-refractivity contribution in [3.8, 4) is 11.1 Å². The van der Waals surface area contributed by atoms with Crippen LogP contribution < -0.4 is 5.56 Å². The largest absolute Gasteiger partial charge is 0.478 e. The first-order chi connectivity index (χ1) is 11.6. The second-order valence-electron chi connectivity index (χ2n) is 6.17. The average Bonchev–Trinajstić information content (AvgIpc) is 3.02. The van der Waals surface area contributed by atoms with E-state index in [9.17, 15) is 14.7 Å². The molecule has 0 bridgehead atoms. The predicted molar refractivity (Wildman–Crippen MR) is 90.6 cm³/mol. The summed E-state index contributed by atoms with van der Waals surface area (Å²) in [6.07, 6.45) is 3.97. The zero-order valence-electron chi connectivity index (χ0n) is 13.2. The topological polar surface area (TPSA) is 71.7 Å². The molecule has 0 aliphatic heterocycles. The summed E-state index contributed by atoms with van der Waals surface area (Å²) in [4.78, 5) is 29.1. The van der Waals surface area contributed by atoms with Gasteiger partial charge in [0.05, 0.1) is 5.69 Å². The number of aromatic nitrogens is 2. The summed E-state index contributed by atoms with van der Waals surface area (Å²) in [6.45, 7) is 1.96. The van der Waals surface area contributed by atoms with Gasteiger partial charge in [0.2, 0.25) is 0 Å². The molecule has 0 radical (unpaired) electrons. The summed E-state index contributed by atoms with van der Waals surface area (Å²) >= 11 is 0. The molecule has 1 N–H and O–H groups in total. The van der Waals surface area contributed by atoms with Gasteiger partial charge in [-0.2, -0.15) is 0 Å². The van der Waals surface area contributed by atoms with E-state index in [2.05, 4.69) is 4.98 Å². The molecule has 0 amide bonds. The van der Waals surface area contributed by atoms with Crippen LogP contribution in [0.3, 0.4) is 0 Å². The molecule has 0 saturated heterocycles. The van der Waals surface area contributed by atoms with E-state index in [0.29, 0.717) is 17.5 Å². The van der Waals surface area contributed by atoms with Gasteiger partial charge in [-0.1, -0.05) is 29.8 Å². The number of carboxylic acid groups (broad SMARTS) is 1. The van der Waals surface area contributed by atoms with Crippen molar-refractivity contribution in [3.63, 3.8) is 0 Å². The Morgan fingerprint density at radius 3 is 2.83 bits per heavy atom. The minimum Gasteiger partial charge on any atom is -0.478 e. The number of carbonyl (C=O) groups is 1. The summed E-state index contributed by atoms with van der Waals surface area (Å²) in [6, 6.07) is 9.35. The molecule has 0 fully saturated rings. The molecular weight excluding hydrogens is 304 g/mol. The van der Waals surface area contributed by atoms with Gasteiger partial charge < -0.3 is 5.11 Å². The van der Waals surface area contributed by atoms with E-state index in [1.54, 1.807) is 12.3 Å². The van der Waals surface area contributed by atoms with Crippen molar-refractivity contribution in [1.82, 2.24) is 9.38 Å². The van der Waals surface area contributed by atoms with E-state index in [1.165, 1.54) is 4.40 Å². The molecule has 24 heavy (non-hydrogen) atoms. The highest BCUT2D eigenvalue weighted by Crippen LogP contribution is 2.28. The van der Waals surface area contributed by atoms with Crippen molar-refractivity contribution >= 4 is 11.6 Å². The van der Waals surface area contributed by atoms with Crippen molar-refractivity contribution in [2.75, 3.05) is 0 Å². The monoisotopic (exact) mass is 320 g/mol. The fourth-order valence-electron chi connectivity index (χ4n) is 3.44. The zero-order chi connectivity index (χ0) is 16.8. The fourth-order valence-corrected chi connectivity index (χ4v) is 3.44. The van der Waals surface area contributed by atoms with Crippen molar-refractivity contribution in [2.24, 2.45) is 0 Å². The highest BCUT2D eigenvalue weighted by Gasteiger charge is 2.23. The lowest BCUT2D eigenvalue weighted by molar-refractivity contribution is 0.0699. The highest BCUT2D eigenvalue weighted by molar-refractivity contribution is 6.02. The third-order valence-electron chi connectivity index (χ3n) is 4.56. The molecule has 3 aromatic rings. The molecule has 0 atom stereocenters. The lowest BCUT2D eigenvalue weighted by atomic mass is 9.99. The van der Waals surface area contributed by atoms with Gasteiger partial charge in [-0.15, -0.1) is 0 Å². The number of nitrogens with zero attached hydrogens (tertiary/aromatic N) is 2. The summed E-state index contributed by atoms with van der Waals surface area (Å²) in [7, 11) is 0. The smallest absolute Gasteiger partial charge is 0.340 e. The van der Waals surface area contributed by atoms with Crippen molar-refractivity contribution < 1.29 is 9.90 Å². The molecule has 2 aromatic heterocycles. The van der Waals surface area contributed by atoms with Gasteiger partial charge in [0.1, 0.15) is 5.56 Å². The van der Waals surface area contributed by atoms with E-state index in [1.807, 2.05) is 31.2 Å². The lowest BCUT2D eigenvalue weighted by Crippen LogP contribution is -2.22. The molecule has 5 heteroatoms. The standard InChI is InChI=1S/C19H16N2O3/c1-11-4-2-5-12(10-11)13-8-9-21-17(16(13)19(23)24)20-15-7-3-6-14(15)18(21)22/h2,4-5,8-10H,3,6-7H2,1H3,(H,23,24). The second-order valence-corrected chi connectivity index (χ2v) is 6.17. The van der Waals surface area contributed by atoms with Crippen LogP contribution in [0.5, 0.6) is 0 Å². The summed E-state index contributed by atoms with van der Waals surface area (Å²) in [5, 5.41) is 9.78. The molecule has 2 heterocycles. The first kappa shape index (κ1) is 14.6. The first-order valence-electron chi connectivity index (χ1n) is 7.93. The zero-order valence-corrected chi connectivity index (χ0v) is 13.2. The second kappa shape index (κ2) is 5.30. The van der Waals surface area contributed by atoms with E-state index in [4.69, 9.17) is 0 Å². The Bertz CT molecular complexity index is 1050. The van der Waals surface area contributed by atoms with Gasteiger partial charge in [-0.25, -0.2) is 9.78 Å². The van der Waals surface area contributed by atoms with Crippen LogP contribution in [-0.4, -0.2) is 20.5 Å². The van der Waals surface area contributed by atoms with Gasteiger partial charge in [0.25, 0.3) is 5.56 Å². The normalized spacial score (nSPS) is 13.2. The number of benzene rings is 1. The molecule has 0 unspecified atom stereocenters. The van der Waals surface area contributed by atoms with Crippen LogP contribution in [0, 0.1) is 6.92 Å². The number of pyridine rings is 1. The lowest BCUT2D eigenvalue weighted by Gasteiger charge is -2.12. The number of fused-ring (bicyclic) bond motifs is 2. The number of aryl methyl sites for hydroxylation is 2. The number of aromatic carboxylic acids is 1. The maximum atomic E-state index is 12.6. The quantitative estimate of drug-likeness (QED) is 0.788. The molecule has 1 aliphatic rings. The number of rotatable bonds is 2. The van der Waals surface area contributed by atoms with E-state index >= 15 is 0 Å². The first-order valence-corrected chi connectivity index (χ1v) is 7.93. The molecule has 5 nitrogen and oxygen atoms in total. The summed E-state index contributed by atoms with van der Waals surface area (Å²) < 4.78 is 1.37. The van der Waals surface area contributed by atoms with Crippen LogP contribution in [-0.2, 0) is 12.8 Å². The van der Waals surface area contributed by atoms with Gasteiger partial charge in [0.15, 0.2) is 5.65 Å². The Hall–Kier alpha value is -2.95. The van der Waals surface area contributed by atoms with Crippen LogP contribution in [0.4, 0.5) is 0 Å². The van der Waals surface area contributed by atoms with Crippen molar-refractivity contribution in [2.45, 2.75) is 26.2 Å². The molecule has 1 aromatic carbocycles. The maximum Gasteiger partial charge on any atom is 0.340 e. The number of hydrogen-bond donors (Lipinski definition) is 1. The third kappa shape index (κ3) is 2.12. The molecule has 120 valence electrons. The van der Waals surface area contributed by atoms with Gasteiger partial charge in [-0.3, -0.25) is 9.20 Å². The average molecular weight is 320 g/mol. The van der Waals surface area contributed by atoms with Crippen LogP contribution in [0.1, 0.15) is 33.6 Å².